The fourth-order valence-electron chi connectivity index (χ4n) is 2.49. The minimum absolute atomic E-state index is 0.0962. The van der Waals surface area contributed by atoms with Crippen molar-refractivity contribution in [2.75, 3.05) is 18.0 Å². The van der Waals surface area contributed by atoms with E-state index in [0.717, 1.165) is 35.2 Å². The smallest absolute Gasteiger partial charge is 0.303 e. The number of rotatable bonds is 4. The van der Waals surface area contributed by atoms with Crippen molar-refractivity contribution in [2.45, 2.75) is 19.3 Å². The molecule has 0 aromatic heterocycles. The summed E-state index contributed by atoms with van der Waals surface area (Å²) in [5.74, 6) is -0.507. The lowest BCUT2D eigenvalue weighted by Crippen LogP contribution is -2.34. The minimum atomic E-state index is -0.742. The predicted octanol–water partition coefficient (Wildman–Crippen LogP) is 2.89. The quantitative estimate of drug-likeness (QED) is 0.486. The first-order valence-corrected chi connectivity index (χ1v) is 7.46. The van der Waals surface area contributed by atoms with Crippen molar-refractivity contribution in [1.29, 1.82) is 0 Å². The van der Waals surface area contributed by atoms with E-state index < -0.39 is 10.9 Å². The summed E-state index contributed by atoms with van der Waals surface area (Å²) in [6.07, 6.45) is 1.92. The van der Waals surface area contributed by atoms with E-state index in [2.05, 4.69) is 27.5 Å². The fourth-order valence-corrected chi connectivity index (χ4v) is 3.33. The summed E-state index contributed by atoms with van der Waals surface area (Å²) in [7, 11) is 0. The van der Waals surface area contributed by atoms with Crippen LogP contribution >= 0.6 is 22.6 Å². The molecule has 0 unspecified atom stereocenters. The number of piperidine rings is 1. The maximum atomic E-state index is 10.7. The fraction of sp³-hybridized carbons (Fsp3) is 0.462. The van der Waals surface area contributed by atoms with E-state index in [0.29, 0.717) is 0 Å². The van der Waals surface area contributed by atoms with Gasteiger partial charge in [-0.05, 0) is 47.4 Å². The zero-order valence-corrected chi connectivity index (χ0v) is 12.9. The molecule has 0 amide bonds. The highest BCUT2D eigenvalue weighted by Crippen LogP contribution is 2.30. The number of benzene rings is 1. The first kappa shape index (κ1) is 15.0. The standard InChI is InChI=1S/C13H15IN2O4/c14-11-8-10(16(19)20)1-2-12(11)15-5-3-9(4-6-15)7-13(17)18/h1-2,8-9H,3-7H2,(H,17,18). The van der Waals surface area contributed by atoms with E-state index in [1.165, 1.54) is 6.07 Å². The van der Waals surface area contributed by atoms with Crippen molar-refractivity contribution in [1.82, 2.24) is 0 Å². The molecule has 1 fully saturated rings. The Morgan fingerprint density at radius 2 is 2.10 bits per heavy atom. The van der Waals surface area contributed by atoms with Crippen molar-refractivity contribution in [3.8, 4) is 0 Å². The van der Waals surface area contributed by atoms with Crippen LogP contribution in [0.4, 0.5) is 11.4 Å². The maximum absolute atomic E-state index is 10.7. The number of nitro groups is 1. The van der Waals surface area contributed by atoms with Gasteiger partial charge in [0.2, 0.25) is 0 Å². The van der Waals surface area contributed by atoms with Gasteiger partial charge in [-0.1, -0.05) is 0 Å². The molecule has 0 bridgehead atoms. The topological polar surface area (TPSA) is 83.7 Å². The molecule has 1 N–H and O–H groups in total. The Bertz CT molecular complexity index is 527. The second kappa shape index (κ2) is 6.38. The number of halogens is 1. The highest BCUT2D eigenvalue weighted by molar-refractivity contribution is 14.1. The zero-order chi connectivity index (χ0) is 14.7. The SMILES string of the molecule is O=C(O)CC1CCN(c2ccc([N+](=O)[O-])cc2I)CC1. The molecule has 7 heteroatoms. The number of nitro benzene ring substituents is 1. The van der Waals surface area contributed by atoms with Crippen LogP contribution in [-0.2, 0) is 4.79 Å². The summed E-state index contributed by atoms with van der Waals surface area (Å²) in [5, 5.41) is 19.5. The lowest BCUT2D eigenvalue weighted by atomic mass is 9.93. The summed E-state index contributed by atoms with van der Waals surface area (Å²) < 4.78 is 0.855. The van der Waals surface area contributed by atoms with Crippen LogP contribution in [0.5, 0.6) is 0 Å². The van der Waals surface area contributed by atoms with E-state index in [1.807, 2.05) is 0 Å². The molecule has 1 saturated heterocycles. The Hall–Kier alpha value is -1.38. The third-order valence-corrected chi connectivity index (χ3v) is 4.42. The number of hydrogen-bond donors (Lipinski definition) is 1. The predicted molar refractivity (Wildman–Crippen MR) is 83.0 cm³/mol. The van der Waals surface area contributed by atoms with Crippen LogP contribution in [0.1, 0.15) is 19.3 Å². The monoisotopic (exact) mass is 390 g/mol. The Morgan fingerprint density at radius 3 is 2.60 bits per heavy atom. The third-order valence-electron chi connectivity index (χ3n) is 3.56. The second-order valence-electron chi connectivity index (χ2n) is 4.92. The van der Waals surface area contributed by atoms with Crippen LogP contribution in [0.15, 0.2) is 18.2 Å². The van der Waals surface area contributed by atoms with Crippen LogP contribution in [-0.4, -0.2) is 29.1 Å². The zero-order valence-electron chi connectivity index (χ0n) is 10.8. The number of hydrogen-bond acceptors (Lipinski definition) is 4. The first-order valence-electron chi connectivity index (χ1n) is 6.38. The summed E-state index contributed by atoms with van der Waals surface area (Å²) in [4.78, 5) is 23.2. The average Bonchev–Trinajstić information content (AvgIpc) is 2.39. The van der Waals surface area contributed by atoms with E-state index in [-0.39, 0.29) is 18.0 Å². The summed E-state index contributed by atoms with van der Waals surface area (Å²) in [6.45, 7) is 1.59. The van der Waals surface area contributed by atoms with Gasteiger partial charge in [0.1, 0.15) is 0 Å². The van der Waals surface area contributed by atoms with Crippen LogP contribution in [0.25, 0.3) is 0 Å². The molecule has 108 valence electrons. The lowest BCUT2D eigenvalue weighted by molar-refractivity contribution is -0.384. The van der Waals surface area contributed by atoms with Gasteiger partial charge in [-0.2, -0.15) is 0 Å². The van der Waals surface area contributed by atoms with E-state index >= 15 is 0 Å². The number of anilines is 1. The van der Waals surface area contributed by atoms with Gasteiger partial charge in [-0.15, -0.1) is 0 Å². The molecule has 1 aliphatic heterocycles. The van der Waals surface area contributed by atoms with Crippen LogP contribution < -0.4 is 4.90 Å². The minimum Gasteiger partial charge on any atom is -0.481 e. The number of non-ortho nitro benzene ring substituents is 1. The Balaban J connectivity index is 2.03. The van der Waals surface area contributed by atoms with E-state index in [1.54, 1.807) is 12.1 Å². The molecule has 1 heterocycles. The van der Waals surface area contributed by atoms with E-state index in [9.17, 15) is 14.9 Å². The van der Waals surface area contributed by atoms with Gasteiger partial charge in [0.25, 0.3) is 5.69 Å². The summed E-state index contributed by atoms with van der Waals surface area (Å²) in [6, 6.07) is 4.86. The van der Waals surface area contributed by atoms with Gasteiger partial charge in [0.15, 0.2) is 0 Å². The highest BCUT2D eigenvalue weighted by atomic mass is 127. The first-order chi connectivity index (χ1) is 9.47. The van der Waals surface area contributed by atoms with Crippen LogP contribution in [0.3, 0.4) is 0 Å². The number of carbonyl (C=O) groups is 1. The molecular formula is C13H15IN2O4. The molecule has 0 atom stereocenters. The normalized spacial score (nSPS) is 16.1. The molecule has 0 spiro atoms. The van der Waals surface area contributed by atoms with Crippen molar-refractivity contribution in [2.24, 2.45) is 5.92 Å². The molecule has 1 aliphatic rings. The molecule has 1 aromatic rings. The highest BCUT2D eigenvalue weighted by Gasteiger charge is 2.23. The van der Waals surface area contributed by atoms with Crippen molar-refractivity contribution in [3.63, 3.8) is 0 Å². The number of carboxylic acids is 1. The van der Waals surface area contributed by atoms with Crippen LogP contribution in [0, 0.1) is 19.6 Å². The third kappa shape index (κ3) is 3.59. The average molecular weight is 390 g/mol. The number of carboxylic acid groups (broad SMARTS) is 1. The number of nitrogens with zero attached hydrogens (tertiary/aromatic N) is 2. The van der Waals surface area contributed by atoms with Crippen molar-refractivity contribution in [3.05, 3.63) is 31.9 Å². The number of aliphatic carboxylic acids is 1. The van der Waals surface area contributed by atoms with E-state index in [4.69, 9.17) is 5.11 Å². The van der Waals surface area contributed by atoms with Gasteiger partial charge in [-0.25, -0.2) is 0 Å². The molecule has 1 aromatic carbocycles. The summed E-state index contributed by atoms with van der Waals surface area (Å²) in [5.41, 5.74) is 1.09. The second-order valence-corrected chi connectivity index (χ2v) is 6.08. The van der Waals surface area contributed by atoms with Gasteiger partial charge < -0.3 is 10.0 Å². The largest absolute Gasteiger partial charge is 0.481 e. The van der Waals surface area contributed by atoms with Gasteiger partial charge in [0, 0.05) is 35.2 Å². The molecular weight excluding hydrogens is 375 g/mol. The molecule has 0 saturated carbocycles. The van der Waals surface area contributed by atoms with Gasteiger partial charge >= 0.3 is 5.97 Å². The molecule has 6 nitrogen and oxygen atoms in total. The van der Waals surface area contributed by atoms with Gasteiger partial charge in [0.05, 0.1) is 10.6 Å². The Labute approximate surface area is 130 Å². The van der Waals surface area contributed by atoms with Crippen molar-refractivity contribution < 1.29 is 14.8 Å². The summed E-state index contributed by atoms with van der Waals surface area (Å²) >= 11 is 2.11. The molecule has 20 heavy (non-hydrogen) atoms. The van der Waals surface area contributed by atoms with Gasteiger partial charge in [-0.3, -0.25) is 14.9 Å². The van der Waals surface area contributed by atoms with Crippen molar-refractivity contribution >= 4 is 39.9 Å². The van der Waals surface area contributed by atoms with Crippen LogP contribution in [0.2, 0.25) is 0 Å². The molecule has 0 radical (unpaired) electrons. The molecule has 0 aliphatic carbocycles. The maximum Gasteiger partial charge on any atom is 0.303 e. The Kier molecular flexibility index (Phi) is 4.79. The molecule has 2 rings (SSSR count). The lowest BCUT2D eigenvalue weighted by Gasteiger charge is -2.33. The Morgan fingerprint density at radius 1 is 1.45 bits per heavy atom.